The predicted octanol–water partition coefficient (Wildman–Crippen LogP) is 2.15. The Labute approximate surface area is 143 Å². The molecule has 0 aliphatic carbocycles. The third kappa shape index (κ3) is 4.94. The van der Waals surface area contributed by atoms with E-state index in [0.717, 1.165) is 0 Å². The van der Waals surface area contributed by atoms with Crippen molar-refractivity contribution in [1.82, 2.24) is 4.72 Å². The summed E-state index contributed by atoms with van der Waals surface area (Å²) in [5, 5.41) is 11.8. The maximum atomic E-state index is 12.4. The first kappa shape index (κ1) is 17.7. The van der Waals surface area contributed by atoms with Crippen LogP contribution in [0.1, 0.15) is 18.0 Å². The molecule has 0 saturated heterocycles. The first-order chi connectivity index (χ1) is 10.8. The van der Waals surface area contributed by atoms with Gasteiger partial charge in [-0.2, -0.15) is 0 Å². The molecule has 8 heteroatoms. The summed E-state index contributed by atoms with van der Waals surface area (Å²) >= 11 is 11.5. The number of benzene rings is 2. The summed E-state index contributed by atoms with van der Waals surface area (Å²) in [6.45, 7) is 0. The fraction of sp³-hybridized carbons (Fsp3) is 0.133. The minimum Gasteiger partial charge on any atom is -0.550 e. The number of carbonyl (C=O) groups is 1. The average molecular weight is 373 g/mol. The minimum atomic E-state index is -3.91. The van der Waals surface area contributed by atoms with Crippen LogP contribution in [0.5, 0.6) is 0 Å². The number of rotatable bonds is 6. The van der Waals surface area contributed by atoms with E-state index < -0.39 is 28.5 Å². The van der Waals surface area contributed by atoms with Gasteiger partial charge in [-0.15, -0.1) is 0 Å². The molecule has 23 heavy (non-hydrogen) atoms. The van der Waals surface area contributed by atoms with Crippen LogP contribution in [0, 0.1) is 0 Å². The van der Waals surface area contributed by atoms with Gasteiger partial charge in [-0.3, -0.25) is 0 Å². The molecule has 0 radical (unpaired) electrons. The summed E-state index contributed by atoms with van der Waals surface area (Å²) in [7, 11) is -3.91. The second-order valence-electron chi connectivity index (χ2n) is 4.76. The van der Waals surface area contributed by atoms with E-state index in [9.17, 15) is 18.3 Å². The number of sulfonamides is 1. The van der Waals surface area contributed by atoms with E-state index in [-0.39, 0.29) is 4.90 Å². The van der Waals surface area contributed by atoms with Crippen LogP contribution in [0.4, 0.5) is 0 Å². The summed E-state index contributed by atoms with van der Waals surface area (Å²) in [6.07, 6.45) is -0.506. The van der Waals surface area contributed by atoms with Crippen molar-refractivity contribution in [1.29, 1.82) is 0 Å². The molecule has 0 bridgehead atoms. The maximum Gasteiger partial charge on any atom is 0.241 e. The van der Waals surface area contributed by atoms with Gasteiger partial charge in [-0.05, 0) is 42.0 Å². The first-order valence-electron chi connectivity index (χ1n) is 6.51. The van der Waals surface area contributed by atoms with E-state index in [2.05, 4.69) is 4.72 Å². The number of aliphatic carboxylic acids is 1. The lowest BCUT2D eigenvalue weighted by molar-refractivity contribution is -0.306. The van der Waals surface area contributed by atoms with Gasteiger partial charge in [-0.1, -0.05) is 35.3 Å². The molecule has 0 aromatic heterocycles. The Kier molecular flexibility index (Phi) is 5.64. The van der Waals surface area contributed by atoms with Crippen molar-refractivity contribution in [2.45, 2.75) is 17.4 Å². The zero-order valence-corrected chi connectivity index (χ0v) is 14.0. The van der Waals surface area contributed by atoms with Gasteiger partial charge in [0.2, 0.25) is 10.0 Å². The molecule has 0 amide bonds. The molecular weight excluding hydrogens is 361 g/mol. The number of nitrogens with one attached hydrogen (secondary N) is 1. The van der Waals surface area contributed by atoms with E-state index in [4.69, 9.17) is 23.2 Å². The second-order valence-corrected chi connectivity index (χ2v) is 7.34. The van der Waals surface area contributed by atoms with E-state index in [1.165, 1.54) is 24.3 Å². The molecule has 2 aromatic carbocycles. The van der Waals surface area contributed by atoms with Gasteiger partial charge < -0.3 is 9.90 Å². The smallest absolute Gasteiger partial charge is 0.241 e. The summed E-state index contributed by atoms with van der Waals surface area (Å²) in [4.78, 5) is 10.9. The molecule has 2 rings (SSSR count). The molecule has 0 unspecified atom stereocenters. The van der Waals surface area contributed by atoms with Crippen LogP contribution in [0.2, 0.25) is 10.0 Å². The molecule has 0 aliphatic rings. The number of carbonyl (C=O) groups excluding carboxylic acids is 1. The van der Waals surface area contributed by atoms with Crippen molar-refractivity contribution >= 4 is 39.2 Å². The molecule has 0 saturated carbocycles. The van der Waals surface area contributed by atoms with Crippen LogP contribution in [0.3, 0.4) is 0 Å². The van der Waals surface area contributed by atoms with Crippen LogP contribution in [-0.4, -0.2) is 14.4 Å². The SMILES string of the molecule is O=C([O-])C[C@@H](NS(=O)(=O)c1ccc(Cl)cc1)c1ccc(Cl)cc1. The monoisotopic (exact) mass is 372 g/mol. The quantitative estimate of drug-likeness (QED) is 0.841. The standard InChI is InChI=1S/C15H13Cl2NO4S/c16-11-3-1-10(2-4-11)14(9-15(19)20)18-23(21,22)13-7-5-12(17)6-8-13/h1-8,14,18H,9H2,(H,19,20)/p-1/t14-/m1/s1. The Bertz CT molecular complexity index is 789. The number of hydrogen-bond donors (Lipinski definition) is 1. The van der Waals surface area contributed by atoms with Crippen molar-refractivity contribution < 1.29 is 18.3 Å². The molecule has 122 valence electrons. The van der Waals surface area contributed by atoms with E-state index in [0.29, 0.717) is 15.6 Å². The van der Waals surface area contributed by atoms with Crippen LogP contribution >= 0.6 is 23.2 Å². The summed E-state index contributed by atoms with van der Waals surface area (Å²) in [6, 6.07) is 10.8. The van der Waals surface area contributed by atoms with Gasteiger partial charge in [0.25, 0.3) is 0 Å². The van der Waals surface area contributed by atoms with Crippen molar-refractivity contribution in [3.05, 3.63) is 64.1 Å². The number of halogens is 2. The number of carboxylic acid groups (broad SMARTS) is 1. The van der Waals surface area contributed by atoms with Gasteiger partial charge in [0.15, 0.2) is 0 Å². The van der Waals surface area contributed by atoms with Crippen LogP contribution in [0.25, 0.3) is 0 Å². The third-order valence-electron chi connectivity index (χ3n) is 3.06. The lowest BCUT2D eigenvalue weighted by Crippen LogP contribution is -2.34. The highest BCUT2D eigenvalue weighted by atomic mass is 35.5. The first-order valence-corrected chi connectivity index (χ1v) is 8.75. The Hall–Kier alpha value is -1.60. The van der Waals surface area contributed by atoms with Gasteiger partial charge in [0.1, 0.15) is 0 Å². The normalized spacial score (nSPS) is 12.8. The second kappa shape index (κ2) is 7.31. The fourth-order valence-corrected chi connectivity index (χ4v) is 3.43. The lowest BCUT2D eigenvalue weighted by atomic mass is 10.1. The summed E-state index contributed by atoms with van der Waals surface area (Å²) in [5.41, 5.74) is 0.469. The van der Waals surface area contributed by atoms with Crippen molar-refractivity contribution in [3.8, 4) is 0 Å². The minimum absolute atomic E-state index is 0.0146. The molecule has 0 fully saturated rings. The van der Waals surface area contributed by atoms with Crippen molar-refractivity contribution in [2.24, 2.45) is 0 Å². The summed E-state index contributed by atoms with van der Waals surface area (Å²) < 4.78 is 27.1. The van der Waals surface area contributed by atoms with Gasteiger partial charge in [0.05, 0.1) is 10.9 Å². The van der Waals surface area contributed by atoms with Gasteiger partial charge >= 0.3 is 0 Å². The average Bonchev–Trinajstić information content (AvgIpc) is 2.47. The predicted molar refractivity (Wildman–Crippen MR) is 85.6 cm³/mol. The Balaban J connectivity index is 2.31. The lowest BCUT2D eigenvalue weighted by Gasteiger charge is -2.20. The Morgan fingerprint density at radius 2 is 1.48 bits per heavy atom. The molecule has 0 aliphatic heterocycles. The van der Waals surface area contributed by atoms with Gasteiger partial charge in [-0.25, -0.2) is 13.1 Å². The molecular formula is C15H12Cl2NO4S-. The third-order valence-corrected chi connectivity index (χ3v) is 5.06. The topological polar surface area (TPSA) is 86.3 Å². The summed E-state index contributed by atoms with van der Waals surface area (Å²) in [5.74, 6) is -1.37. The number of carboxylic acids is 1. The zero-order chi connectivity index (χ0) is 17.0. The van der Waals surface area contributed by atoms with Gasteiger partial charge in [0, 0.05) is 22.4 Å². The van der Waals surface area contributed by atoms with E-state index >= 15 is 0 Å². The molecule has 2 aromatic rings. The largest absolute Gasteiger partial charge is 0.550 e. The van der Waals surface area contributed by atoms with Crippen LogP contribution in [-0.2, 0) is 14.8 Å². The highest BCUT2D eigenvalue weighted by Crippen LogP contribution is 2.22. The maximum absolute atomic E-state index is 12.4. The molecule has 1 N–H and O–H groups in total. The van der Waals surface area contributed by atoms with E-state index in [1.54, 1.807) is 24.3 Å². The molecule has 1 atom stereocenters. The molecule has 0 spiro atoms. The molecule has 0 heterocycles. The fourth-order valence-electron chi connectivity index (χ4n) is 1.96. The Morgan fingerprint density at radius 1 is 1.00 bits per heavy atom. The number of hydrogen-bond acceptors (Lipinski definition) is 4. The highest BCUT2D eigenvalue weighted by Gasteiger charge is 2.21. The van der Waals surface area contributed by atoms with Crippen LogP contribution in [0.15, 0.2) is 53.4 Å². The Morgan fingerprint density at radius 3 is 1.96 bits per heavy atom. The van der Waals surface area contributed by atoms with Crippen molar-refractivity contribution in [2.75, 3.05) is 0 Å². The molecule has 5 nitrogen and oxygen atoms in total. The zero-order valence-electron chi connectivity index (χ0n) is 11.7. The van der Waals surface area contributed by atoms with E-state index in [1.807, 2.05) is 0 Å². The van der Waals surface area contributed by atoms with Crippen LogP contribution < -0.4 is 9.83 Å². The van der Waals surface area contributed by atoms with Crippen molar-refractivity contribution in [3.63, 3.8) is 0 Å². The highest BCUT2D eigenvalue weighted by molar-refractivity contribution is 7.89.